The highest BCUT2D eigenvalue weighted by molar-refractivity contribution is 6.00. The summed E-state index contributed by atoms with van der Waals surface area (Å²) in [5, 5.41) is 0. The number of anilines is 1. The predicted octanol–water partition coefficient (Wildman–Crippen LogP) is 2.96. The number of amides is 1. The Morgan fingerprint density at radius 1 is 1.24 bits per heavy atom. The van der Waals surface area contributed by atoms with Gasteiger partial charge in [0, 0.05) is 12.2 Å². The maximum atomic E-state index is 12.7. The number of aromatic nitrogens is 1. The van der Waals surface area contributed by atoms with Gasteiger partial charge in [-0.05, 0) is 43.2 Å². The first-order valence-corrected chi connectivity index (χ1v) is 8.07. The number of benzene rings is 2. The molecule has 2 heterocycles. The minimum absolute atomic E-state index is 0.223. The molecule has 126 valence electrons. The number of esters is 1. The number of carbonyl (C=O) groups is 2. The van der Waals surface area contributed by atoms with Crippen LogP contribution < -0.4 is 4.90 Å². The number of fused-ring (bicyclic) bond motifs is 2. The Balaban J connectivity index is 1.48. The molecule has 1 amide bonds. The van der Waals surface area contributed by atoms with Crippen LogP contribution >= 0.6 is 0 Å². The molecule has 4 rings (SSSR count). The second kappa shape index (κ2) is 6.05. The quantitative estimate of drug-likeness (QED) is 0.688. The second-order valence-electron chi connectivity index (χ2n) is 5.95. The Kier molecular flexibility index (Phi) is 3.72. The predicted molar refractivity (Wildman–Crippen MR) is 91.4 cm³/mol. The van der Waals surface area contributed by atoms with Crippen LogP contribution in [0.15, 0.2) is 53.3 Å². The van der Waals surface area contributed by atoms with E-state index in [2.05, 4.69) is 4.98 Å². The largest absolute Gasteiger partial charge is 0.449 e. The van der Waals surface area contributed by atoms with E-state index in [9.17, 15) is 9.59 Å². The van der Waals surface area contributed by atoms with Crippen LogP contribution in [0.5, 0.6) is 0 Å². The molecule has 25 heavy (non-hydrogen) atoms. The van der Waals surface area contributed by atoms with E-state index < -0.39 is 12.1 Å². The van der Waals surface area contributed by atoms with E-state index in [-0.39, 0.29) is 5.91 Å². The summed E-state index contributed by atoms with van der Waals surface area (Å²) in [6.07, 6.45) is 1.26. The fourth-order valence-corrected chi connectivity index (χ4v) is 3.05. The van der Waals surface area contributed by atoms with Gasteiger partial charge in [-0.15, -0.1) is 0 Å². The van der Waals surface area contributed by atoms with Crippen LogP contribution in [0, 0.1) is 0 Å². The minimum atomic E-state index is -0.871. The summed E-state index contributed by atoms with van der Waals surface area (Å²) >= 11 is 0. The lowest BCUT2D eigenvalue weighted by molar-refractivity contribution is -0.126. The highest BCUT2D eigenvalue weighted by Crippen LogP contribution is 2.28. The zero-order valence-electron chi connectivity index (χ0n) is 13.6. The first-order valence-electron chi connectivity index (χ1n) is 8.07. The topological polar surface area (TPSA) is 72.6 Å². The highest BCUT2D eigenvalue weighted by atomic mass is 16.5. The van der Waals surface area contributed by atoms with Crippen LogP contribution in [0.4, 0.5) is 5.69 Å². The van der Waals surface area contributed by atoms with Gasteiger partial charge in [0.1, 0.15) is 5.52 Å². The summed E-state index contributed by atoms with van der Waals surface area (Å²) in [5.41, 5.74) is 3.51. The van der Waals surface area contributed by atoms with Gasteiger partial charge in [-0.3, -0.25) is 4.79 Å². The maximum Gasteiger partial charge on any atom is 0.339 e. The molecule has 1 aliphatic heterocycles. The van der Waals surface area contributed by atoms with Crippen LogP contribution in [0.25, 0.3) is 11.1 Å². The van der Waals surface area contributed by atoms with Crippen molar-refractivity contribution in [3.8, 4) is 0 Å². The average Bonchev–Trinajstić information content (AvgIpc) is 3.26. The molecule has 0 saturated heterocycles. The summed E-state index contributed by atoms with van der Waals surface area (Å²) in [6.45, 7) is 2.19. The Morgan fingerprint density at radius 2 is 2.08 bits per heavy atom. The van der Waals surface area contributed by atoms with Gasteiger partial charge in [0.05, 0.1) is 5.56 Å². The van der Waals surface area contributed by atoms with E-state index in [1.807, 2.05) is 24.3 Å². The fraction of sp³-hybridized carbons (Fsp3) is 0.211. The van der Waals surface area contributed by atoms with Crippen molar-refractivity contribution in [1.29, 1.82) is 0 Å². The molecule has 0 N–H and O–H groups in total. The van der Waals surface area contributed by atoms with Gasteiger partial charge in [0.15, 0.2) is 18.1 Å². The van der Waals surface area contributed by atoms with Crippen molar-refractivity contribution in [2.45, 2.75) is 19.4 Å². The van der Waals surface area contributed by atoms with Crippen molar-refractivity contribution in [3.63, 3.8) is 0 Å². The molecule has 2 aromatic carbocycles. The Hall–Kier alpha value is -3.15. The normalized spacial score (nSPS) is 14.4. The van der Waals surface area contributed by atoms with Crippen LogP contribution in [-0.2, 0) is 16.0 Å². The molecule has 0 spiro atoms. The number of oxazole rings is 1. The third-order valence-corrected chi connectivity index (χ3v) is 4.35. The van der Waals surface area contributed by atoms with E-state index in [4.69, 9.17) is 9.15 Å². The molecule has 0 radical (unpaired) electrons. The zero-order chi connectivity index (χ0) is 17.4. The molecule has 0 fully saturated rings. The zero-order valence-corrected chi connectivity index (χ0v) is 13.6. The number of ether oxygens (including phenoxy) is 1. The maximum absolute atomic E-state index is 12.7. The summed E-state index contributed by atoms with van der Waals surface area (Å²) in [4.78, 5) is 30.7. The molecule has 0 saturated carbocycles. The molecule has 6 heteroatoms. The number of hydrogen-bond acceptors (Lipinski definition) is 5. The lowest BCUT2D eigenvalue weighted by Gasteiger charge is -2.21. The molecule has 0 bridgehead atoms. The SMILES string of the molecule is CC(OC(=O)c1ccc2ncoc2c1)C(=O)N1CCc2ccccc21. The lowest BCUT2D eigenvalue weighted by Crippen LogP contribution is -2.39. The van der Waals surface area contributed by atoms with Gasteiger partial charge in [-0.25, -0.2) is 9.78 Å². The third-order valence-electron chi connectivity index (χ3n) is 4.35. The van der Waals surface area contributed by atoms with Crippen molar-refractivity contribution in [2.24, 2.45) is 0 Å². The van der Waals surface area contributed by atoms with E-state index in [1.54, 1.807) is 30.0 Å². The van der Waals surface area contributed by atoms with Gasteiger partial charge in [0.25, 0.3) is 5.91 Å². The van der Waals surface area contributed by atoms with Crippen LogP contribution in [-0.4, -0.2) is 29.5 Å². The Labute approximate surface area is 144 Å². The third kappa shape index (κ3) is 2.76. The molecule has 3 aromatic rings. The van der Waals surface area contributed by atoms with Gasteiger partial charge < -0.3 is 14.1 Å². The van der Waals surface area contributed by atoms with E-state index in [1.165, 1.54) is 6.39 Å². The van der Waals surface area contributed by atoms with Crippen molar-refractivity contribution >= 4 is 28.7 Å². The van der Waals surface area contributed by atoms with Crippen LogP contribution in [0.2, 0.25) is 0 Å². The van der Waals surface area contributed by atoms with E-state index in [0.29, 0.717) is 23.2 Å². The number of carbonyl (C=O) groups excluding carboxylic acids is 2. The van der Waals surface area contributed by atoms with Gasteiger partial charge >= 0.3 is 5.97 Å². The summed E-state index contributed by atoms with van der Waals surface area (Å²) < 4.78 is 10.5. The molecule has 6 nitrogen and oxygen atoms in total. The Bertz CT molecular complexity index is 963. The molecule has 0 aliphatic carbocycles. The summed E-state index contributed by atoms with van der Waals surface area (Å²) in [6, 6.07) is 12.6. The smallest absolute Gasteiger partial charge is 0.339 e. The molecule has 1 aliphatic rings. The van der Waals surface area contributed by atoms with Crippen molar-refractivity contribution < 1.29 is 18.7 Å². The van der Waals surface area contributed by atoms with Gasteiger partial charge in [0.2, 0.25) is 0 Å². The standard InChI is InChI=1S/C19H16N2O4/c1-12(18(22)21-9-8-13-4-2-3-5-16(13)21)25-19(23)14-6-7-15-17(10-14)24-11-20-15/h2-7,10-12H,8-9H2,1H3. The molecular formula is C19H16N2O4. The number of para-hydroxylation sites is 1. The minimum Gasteiger partial charge on any atom is -0.449 e. The number of hydrogen-bond donors (Lipinski definition) is 0. The monoisotopic (exact) mass is 336 g/mol. The van der Waals surface area contributed by atoms with Crippen molar-refractivity contribution in [3.05, 3.63) is 60.0 Å². The Morgan fingerprint density at radius 3 is 2.96 bits per heavy atom. The van der Waals surface area contributed by atoms with Crippen molar-refractivity contribution in [1.82, 2.24) is 4.98 Å². The van der Waals surface area contributed by atoms with Gasteiger partial charge in [-0.1, -0.05) is 18.2 Å². The average molecular weight is 336 g/mol. The first kappa shape index (κ1) is 15.4. The van der Waals surface area contributed by atoms with E-state index >= 15 is 0 Å². The first-order chi connectivity index (χ1) is 12.1. The highest BCUT2D eigenvalue weighted by Gasteiger charge is 2.30. The van der Waals surface area contributed by atoms with Crippen LogP contribution in [0.1, 0.15) is 22.8 Å². The number of rotatable bonds is 3. The van der Waals surface area contributed by atoms with E-state index in [0.717, 1.165) is 17.7 Å². The second-order valence-corrected chi connectivity index (χ2v) is 5.95. The molecule has 1 aromatic heterocycles. The molecule has 1 unspecified atom stereocenters. The summed E-state index contributed by atoms with van der Waals surface area (Å²) in [5.74, 6) is -0.786. The van der Waals surface area contributed by atoms with Crippen LogP contribution in [0.3, 0.4) is 0 Å². The van der Waals surface area contributed by atoms with Crippen molar-refractivity contribution in [2.75, 3.05) is 11.4 Å². The summed E-state index contributed by atoms with van der Waals surface area (Å²) in [7, 11) is 0. The fourth-order valence-electron chi connectivity index (χ4n) is 3.05. The lowest BCUT2D eigenvalue weighted by atomic mass is 10.2. The van der Waals surface area contributed by atoms with Gasteiger partial charge in [-0.2, -0.15) is 0 Å². The number of nitrogens with zero attached hydrogens (tertiary/aromatic N) is 2. The molecule has 1 atom stereocenters. The molecular weight excluding hydrogens is 320 g/mol.